The standard InChI is InChI=1S/C25H27N7O3/c26-15-17-9-7-16(8-10-17)11-13-35-22-14-21(31-19-5-2-1-4-18(19)22)24(34)32-20(23(27)33)6-3-12-30-25(28)29/h1-2,4-5,7-10,14,20H,3,6,11-13H2,(H2,27,33)(H,32,34)(H4,28,29,30)/t20-/m0/s1. The van der Waals surface area contributed by atoms with Gasteiger partial charge in [-0.25, -0.2) is 4.98 Å². The first kappa shape index (κ1) is 25.0. The molecule has 0 aliphatic carbocycles. The Hall–Kier alpha value is -4.65. The van der Waals surface area contributed by atoms with Crippen molar-refractivity contribution in [1.29, 1.82) is 5.26 Å². The number of aliphatic imine (C=N–C) groups is 1. The molecule has 0 bridgehead atoms. The quantitative estimate of drug-likeness (QED) is 0.184. The Morgan fingerprint density at radius 3 is 2.54 bits per heavy atom. The van der Waals surface area contributed by atoms with Gasteiger partial charge in [0.15, 0.2) is 5.96 Å². The number of hydrogen-bond acceptors (Lipinski definition) is 6. The maximum atomic E-state index is 12.9. The SMILES string of the molecule is N#Cc1ccc(CCOc2cc(C(=O)N[C@@H](CCCN=C(N)N)C(N)=O)nc3ccccc23)cc1. The van der Waals surface area contributed by atoms with Gasteiger partial charge >= 0.3 is 0 Å². The molecule has 1 atom stereocenters. The van der Waals surface area contributed by atoms with Crippen LogP contribution in [0.15, 0.2) is 59.6 Å². The summed E-state index contributed by atoms with van der Waals surface area (Å²) in [6, 6.07) is 17.3. The van der Waals surface area contributed by atoms with Gasteiger partial charge < -0.3 is 27.3 Å². The number of nitrogens with zero attached hydrogens (tertiary/aromatic N) is 3. The lowest BCUT2D eigenvalue weighted by Crippen LogP contribution is -2.44. The minimum atomic E-state index is -0.897. The lowest BCUT2D eigenvalue weighted by molar-refractivity contribution is -0.120. The Morgan fingerprint density at radius 2 is 1.86 bits per heavy atom. The van der Waals surface area contributed by atoms with E-state index >= 15 is 0 Å². The molecular weight excluding hydrogens is 446 g/mol. The minimum absolute atomic E-state index is 0.0447. The first-order chi connectivity index (χ1) is 16.9. The van der Waals surface area contributed by atoms with Gasteiger partial charge in [0.1, 0.15) is 17.5 Å². The van der Waals surface area contributed by atoms with Gasteiger partial charge in [-0.1, -0.05) is 24.3 Å². The Morgan fingerprint density at radius 1 is 1.11 bits per heavy atom. The van der Waals surface area contributed by atoms with Crippen LogP contribution >= 0.6 is 0 Å². The van der Waals surface area contributed by atoms with E-state index in [-0.39, 0.29) is 18.1 Å². The third kappa shape index (κ3) is 7.17. The molecule has 0 fully saturated rings. The number of pyridine rings is 1. The molecule has 10 nitrogen and oxygen atoms in total. The molecule has 35 heavy (non-hydrogen) atoms. The summed E-state index contributed by atoms with van der Waals surface area (Å²) in [6.45, 7) is 0.670. The van der Waals surface area contributed by atoms with Crippen LogP contribution in [0.5, 0.6) is 5.75 Å². The van der Waals surface area contributed by atoms with E-state index in [4.69, 9.17) is 27.2 Å². The second kappa shape index (κ2) is 12.0. The van der Waals surface area contributed by atoms with E-state index in [0.717, 1.165) is 10.9 Å². The van der Waals surface area contributed by atoms with Crippen molar-refractivity contribution in [3.8, 4) is 11.8 Å². The summed E-state index contributed by atoms with van der Waals surface area (Å²) in [4.78, 5) is 33.1. The monoisotopic (exact) mass is 473 g/mol. The molecule has 0 radical (unpaired) electrons. The fourth-order valence-corrected chi connectivity index (χ4v) is 3.43. The van der Waals surface area contributed by atoms with Gasteiger partial charge in [0.2, 0.25) is 5.91 Å². The molecule has 2 aromatic carbocycles. The number of para-hydroxylation sites is 1. The van der Waals surface area contributed by atoms with Crippen LogP contribution in [-0.4, -0.2) is 42.0 Å². The number of rotatable bonds is 11. The normalized spacial score (nSPS) is 11.3. The summed E-state index contributed by atoms with van der Waals surface area (Å²) in [7, 11) is 0. The number of primary amides is 1. The van der Waals surface area contributed by atoms with Crippen LogP contribution in [0.1, 0.15) is 34.5 Å². The third-order valence-electron chi connectivity index (χ3n) is 5.24. The lowest BCUT2D eigenvalue weighted by Gasteiger charge is -2.16. The van der Waals surface area contributed by atoms with Gasteiger partial charge in [-0.15, -0.1) is 0 Å². The molecule has 3 rings (SSSR count). The van der Waals surface area contributed by atoms with Crippen molar-refractivity contribution in [1.82, 2.24) is 10.3 Å². The Kier molecular flexibility index (Phi) is 8.56. The van der Waals surface area contributed by atoms with Gasteiger partial charge in [0, 0.05) is 24.4 Å². The predicted octanol–water partition coefficient (Wildman–Crippen LogP) is 1.37. The summed E-state index contributed by atoms with van der Waals surface area (Å²) < 4.78 is 6.01. The molecule has 0 aliphatic rings. The van der Waals surface area contributed by atoms with Crippen molar-refractivity contribution in [3.63, 3.8) is 0 Å². The van der Waals surface area contributed by atoms with Crippen molar-refractivity contribution in [2.45, 2.75) is 25.3 Å². The van der Waals surface area contributed by atoms with E-state index < -0.39 is 17.9 Å². The van der Waals surface area contributed by atoms with Gasteiger partial charge in [-0.05, 0) is 42.7 Å². The molecule has 180 valence electrons. The topological polar surface area (TPSA) is 182 Å². The summed E-state index contributed by atoms with van der Waals surface area (Å²) in [5.41, 5.74) is 18.4. The fourth-order valence-electron chi connectivity index (χ4n) is 3.43. The van der Waals surface area contributed by atoms with Crippen molar-refractivity contribution >= 4 is 28.7 Å². The number of ether oxygens (including phenoxy) is 1. The third-order valence-corrected chi connectivity index (χ3v) is 5.24. The number of benzene rings is 2. The van der Waals surface area contributed by atoms with Gasteiger partial charge in [0.25, 0.3) is 5.91 Å². The predicted molar refractivity (Wildman–Crippen MR) is 132 cm³/mol. The van der Waals surface area contributed by atoms with Crippen molar-refractivity contribution in [2.24, 2.45) is 22.2 Å². The molecular formula is C25H27N7O3. The Bertz CT molecular complexity index is 1260. The molecule has 1 aromatic heterocycles. The zero-order valence-corrected chi connectivity index (χ0v) is 19.1. The minimum Gasteiger partial charge on any atom is -0.492 e. The van der Waals surface area contributed by atoms with Crippen molar-refractivity contribution in [3.05, 3.63) is 71.4 Å². The summed E-state index contributed by atoms with van der Waals surface area (Å²) in [5.74, 6) is -0.754. The molecule has 1 heterocycles. The molecule has 0 unspecified atom stereocenters. The number of nitrogens with two attached hydrogens (primary N) is 3. The smallest absolute Gasteiger partial charge is 0.270 e. The molecule has 10 heteroatoms. The maximum absolute atomic E-state index is 12.9. The number of guanidine groups is 1. The zero-order chi connectivity index (χ0) is 25.2. The highest BCUT2D eigenvalue weighted by atomic mass is 16.5. The Labute approximate surface area is 202 Å². The molecule has 0 aliphatic heterocycles. The first-order valence-electron chi connectivity index (χ1n) is 11.0. The fraction of sp³-hybridized carbons (Fsp3) is 0.240. The van der Waals surface area contributed by atoms with E-state index in [1.165, 1.54) is 0 Å². The number of fused-ring (bicyclic) bond motifs is 1. The summed E-state index contributed by atoms with van der Waals surface area (Å²) >= 11 is 0. The molecule has 7 N–H and O–H groups in total. The van der Waals surface area contributed by atoms with Crippen LogP contribution < -0.4 is 27.3 Å². The van der Waals surface area contributed by atoms with Crippen molar-refractivity contribution in [2.75, 3.05) is 13.2 Å². The summed E-state index contributed by atoms with van der Waals surface area (Å²) in [6.07, 6.45) is 1.35. The maximum Gasteiger partial charge on any atom is 0.270 e. The van der Waals surface area contributed by atoms with Crippen LogP contribution in [-0.2, 0) is 11.2 Å². The van der Waals surface area contributed by atoms with Crippen LogP contribution in [0.2, 0.25) is 0 Å². The molecule has 3 aromatic rings. The molecule has 2 amide bonds. The van der Waals surface area contributed by atoms with E-state index in [2.05, 4.69) is 21.4 Å². The van der Waals surface area contributed by atoms with Crippen LogP contribution in [0.3, 0.4) is 0 Å². The average molecular weight is 474 g/mol. The van der Waals surface area contributed by atoms with E-state index in [1.54, 1.807) is 24.3 Å². The number of carbonyl (C=O) groups excluding carboxylic acids is 2. The van der Waals surface area contributed by atoms with Crippen LogP contribution in [0.4, 0.5) is 0 Å². The van der Waals surface area contributed by atoms with E-state index in [9.17, 15) is 9.59 Å². The van der Waals surface area contributed by atoms with Gasteiger partial charge in [-0.2, -0.15) is 5.26 Å². The highest BCUT2D eigenvalue weighted by Crippen LogP contribution is 2.26. The first-order valence-corrected chi connectivity index (χ1v) is 11.0. The van der Waals surface area contributed by atoms with Crippen LogP contribution in [0, 0.1) is 11.3 Å². The summed E-state index contributed by atoms with van der Waals surface area (Å²) in [5, 5.41) is 12.3. The molecule has 0 saturated heterocycles. The average Bonchev–Trinajstić information content (AvgIpc) is 2.85. The zero-order valence-electron chi connectivity index (χ0n) is 19.1. The van der Waals surface area contributed by atoms with E-state index in [0.29, 0.717) is 42.8 Å². The Balaban J connectivity index is 1.73. The number of hydrogen-bond donors (Lipinski definition) is 4. The van der Waals surface area contributed by atoms with E-state index in [1.807, 2.05) is 30.3 Å². The number of carbonyl (C=O) groups is 2. The molecule has 0 spiro atoms. The largest absolute Gasteiger partial charge is 0.492 e. The number of amides is 2. The number of nitrogens with one attached hydrogen (secondary N) is 1. The van der Waals surface area contributed by atoms with Gasteiger partial charge in [-0.3, -0.25) is 14.6 Å². The van der Waals surface area contributed by atoms with Crippen molar-refractivity contribution < 1.29 is 14.3 Å². The second-order valence-electron chi connectivity index (χ2n) is 7.81. The lowest BCUT2D eigenvalue weighted by atomic mass is 10.1. The number of nitriles is 1. The van der Waals surface area contributed by atoms with Gasteiger partial charge in [0.05, 0.1) is 23.8 Å². The van der Waals surface area contributed by atoms with Crippen LogP contribution in [0.25, 0.3) is 10.9 Å². The highest BCUT2D eigenvalue weighted by Gasteiger charge is 2.20. The number of aromatic nitrogens is 1. The second-order valence-corrected chi connectivity index (χ2v) is 7.81. The molecule has 0 saturated carbocycles. The highest BCUT2D eigenvalue weighted by molar-refractivity contribution is 5.99.